The normalized spacial score (nSPS) is 20.0. The van der Waals surface area contributed by atoms with Gasteiger partial charge in [-0.1, -0.05) is 5.57 Å². The van der Waals surface area contributed by atoms with Gasteiger partial charge in [0.15, 0.2) is 0 Å². The van der Waals surface area contributed by atoms with Crippen LogP contribution in [0.3, 0.4) is 0 Å². The second kappa shape index (κ2) is 2.66. The first-order valence-corrected chi connectivity index (χ1v) is 4.95. The van der Waals surface area contributed by atoms with Crippen LogP contribution in [-0.2, 0) is 6.42 Å². The molecule has 0 spiro atoms. The Balaban J connectivity index is 2.12. The first-order valence-electron chi connectivity index (χ1n) is 4.95. The van der Waals surface area contributed by atoms with Crippen molar-refractivity contribution in [2.75, 3.05) is 0 Å². The number of allylic oxidation sites excluding steroid dienone is 2. The molecule has 0 bridgehead atoms. The summed E-state index contributed by atoms with van der Waals surface area (Å²) in [5.74, 6) is 0. The summed E-state index contributed by atoms with van der Waals surface area (Å²) in [5, 5.41) is 0. The van der Waals surface area contributed by atoms with E-state index in [1.807, 2.05) is 6.20 Å². The highest BCUT2D eigenvalue weighted by Gasteiger charge is 2.24. The molecule has 1 heterocycles. The fourth-order valence-electron chi connectivity index (χ4n) is 2.44. The second-order valence-electron chi connectivity index (χ2n) is 3.85. The van der Waals surface area contributed by atoms with E-state index in [0.717, 1.165) is 6.42 Å². The third-order valence-corrected chi connectivity index (χ3v) is 3.08. The SMILES string of the molecule is c1ncc2c(n1)CC1=C2CCCC1. The van der Waals surface area contributed by atoms with Crippen molar-refractivity contribution in [2.45, 2.75) is 32.1 Å². The van der Waals surface area contributed by atoms with Gasteiger partial charge in [0.25, 0.3) is 0 Å². The van der Waals surface area contributed by atoms with E-state index in [0.29, 0.717) is 0 Å². The molecule has 0 fully saturated rings. The molecule has 0 atom stereocenters. The summed E-state index contributed by atoms with van der Waals surface area (Å²) in [6.45, 7) is 0. The van der Waals surface area contributed by atoms with Gasteiger partial charge < -0.3 is 0 Å². The highest BCUT2D eigenvalue weighted by Crippen LogP contribution is 2.39. The maximum atomic E-state index is 4.33. The van der Waals surface area contributed by atoms with Crippen LogP contribution in [0.25, 0.3) is 5.57 Å². The zero-order chi connectivity index (χ0) is 8.67. The van der Waals surface area contributed by atoms with E-state index < -0.39 is 0 Å². The van der Waals surface area contributed by atoms with Crippen molar-refractivity contribution in [3.63, 3.8) is 0 Å². The van der Waals surface area contributed by atoms with Gasteiger partial charge in [-0.15, -0.1) is 0 Å². The Bertz CT molecular complexity index is 379. The molecule has 0 saturated heterocycles. The topological polar surface area (TPSA) is 25.8 Å². The Morgan fingerprint density at radius 3 is 3.08 bits per heavy atom. The molecule has 0 amide bonds. The Kier molecular flexibility index (Phi) is 1.48. The molecule has 0 radical (unpaired) electrons. The van der Waals surface area contributed by atoms with Gasteiger partial charge >= 0.3 is 0 Å². The van der Waals surface area contributed by atoms with Crippen LogP contribution in [0, 0.1) is 0 Å². The van der Waals surface area contributed by atoms with Gasteiger partial charge in [-0.3, -0.25) is 0 Å². The zero-order valence-corrected chi connectivity index (χ0v) is 7.58. The monoisotopic (exact) mass is 172 g/mol. The lowest BCUT2D eigenvalue weighted by Crippen LogP contribution is -1.93. The summed E-state index contributed by atoms with van der Waals surface area (Å²) in [4.78, 5) is 8.43. The van der Waals surface area contributed by atoms with Crippen molar-refractivity contribution >= 4 is 5.57 Å². The molecule has 3 rings (SSSR count). The minimum atomic E-state index is 1.09. The quantitative estimate of drug-likeness (QED) is 0.600. The molecule has 0 unspecified atom stereocenters. The third-order valence-electron chi connectivity index (χ3n) is 3.08. The van der Waals surface area contributed by atoms with E-state index in [2.05, 4.69) is 9.97 Å². The maximum absolute atomic E-state index is 4.33. The molecule has 13 heavy (non-hydrogen) atoms. The van der Waals surface area contributed by atoms with Gasteiger partial charge in [-0.05, 0) is 31.3 Å². The minimum absolute atomic E-state index is 1.09. The molecule has 0 saturated carbocycles. The predicted molar refractivity (Wildman–Crippen MR) is 51.1 cm³/mol. The minimum Gasteiger partial charge on any atom is -0.244 e. The Hall–Kier alpha value is -1.18. The van der Waals surface area contributed by atoms with E-state index in [-0.39, 0.29) is 0 Å². The molecule has 0 aliphatic heterocycles. The standard InChI is InChI=1S/C11H12N2/c1-2-4-9-8(3-1)5-11-10(9)6-12-7-13-11/h6-7H,1-5H2. The predicted octanol–water partition coefficient (Wildman–Crippen LogP) is 2.36. The largest absolute Gasteiger partial charge is 0.244 e. The van der Waals surface area contributed by atoms with E-state index in [4.69, 9.17) is 0 Å². The highest BCUT2D eigenvalue weighted by atomic mass is 14.8. The van der Waals surface area contributed by atoms with Gasteiger partial charge in [0.1, 0.15) is 6.33 Å². The number of rotatable bonds is 0. The van der Waals surface area contributed by atoms with Crippen molar-refractivity contribution in [3.8, 4) is 0 Å². The number of fused-ring (bicyclic) bond motifs is 2. The molecule has 0 N–H and O–H groups in total. The van der Waals surface area contributed by atoms with Crippen molar-refractivity contribution < 1.29 is 0 Å². The fraction of sp³-hybridized carbons (Fsp3) is 0.455. The Labute approximate surface area is 77.7 Å². The average Bonchev–Trinajstić information content (AvgIpc) is 2.56. The molecule has 0 aromatic carbocycles. The van der Waals surface area contributed by atoms with Crippen LogP contribution >= 0.6 is 0 Å². The van der Waals surface area contributed by atoms with Crippen LogP contribution in [-0.4, -0.2) is 9.97 Å². The smallest absolute Gasteiger partial charge is 0.115 e. The van der Waals surface area contributed by atoms with E-state index in [1.54, 1.807) is 17.5 Å². The van der Waals surface area contributed by atoms with Crippen LogP contribution in [0.2, 0.25) is 0 Å². The van der Waals surface area contributed by atoms with Crippen LogP contribution in [0.4, 0.5) is 0 Å². The van der Waals surface area contributed by atoms with Crippen molar-refractivity contribution in [1.29, 1.82) is 0 Å². The summed E-state index contributed by atoms with van der Waals surface area (Å²) in [7, 11) is 0. The number of hydrogen-bond acceptors (Lipinski definition) is 2. The van der Waals surface area contributed by atoms with Crippen molar-refractivity contribution in [2.24, 2.45) is 0 Å². The lowest BCUT2D eigenvalue weighted by atomic mass is 9.92. The molecule has 1 aromatic rings. The van der Waals surface area contributed by atoms with Crippen LogP contribution < -0.4 is 0 Å². The third kappa shape index (κ3) is 1.01. The van der Waals surface area contributed by atoms with E-state index >= 15 is 0 Å². The number of aromatic nitrogens is 2. The molecular formula is C11H12N2. The van der Waals surface area contributed by atoms with Gasteiger partial charge in [-0.2, -0.15) is 0 Å². The van der Waals surface area contributed by atoms with Gasteiger partial charge in [-0.25, -0.2) is 9.97 Å². The molecule has 2 heteroatoms. The molecule has 2 aliphatic carbocycles. The lowest BCUT2D eigenvalue weighted by molar-refractivity contribution is 0.710. The van der Waals surface area contributed by atoms with Crippen molar-refractivity contribution in [1.82, 2.24) is 9.97 Å². The van der Waals surface area contributed by atoms with Crippen molar-refractivity contribution in [3.05, 3.63) is 29.4 Å². The molecule has 2 aliphatic rings. The Morgan fingerprint density at radius 1 is 1.15 bits per heavy atom. The summed E-state index contributed by atoms with van der Waals surface area (Å²) < 4.78 is 0. The molecule has 1 aromatic heterocycles. The average molecular weight is 172 g/mol. The maximum Gasteiger partial charge on any atom is 0.115 e. The Morgan fingerprint density at radius 2 is 2.08 bits per heavy atom. The van der Waals surface area contributed by atoms with E-state index in [1.165, 1.54) is 36.9 Å². The lowest BCUT2D eigenvalue weighted by Gasteiger charge is -2.13. The first kappa shape index (κ1) is 7.25. The summed E-state index contributed by atoms with van der Waals surface area (Å²) in [6.07, 6.45) is 9.97. The van der Waals surface area contributed by atoms with Gasteiger partial charge in [0.05, 0.1) is 5.69 Å². The van der Waals surface area contributed by atoms with Gasteiger partial charge in [0, 0.05) is 18.2 Å². The second-order valence-corrected chi connectivity index (χ2v) is 3.85. The molecular weight excluding hydrogens is 160 g/mol. The number of nitrogens with zero attached hydrogens (tertiary/aromatic N) is 2. The van der Waals surface area contributed by atoms with Gasteiger partial charge in [0.2, 0.25) is 0 Å². The first-order chi connectivity index (χ1) is 6.45. The van der Waals surface area contributed by atoms with Crippen LogP contribution in [0.15, 0.2) is 18.1 Å². The fourth-order valence-corrected chi connectivity index (χ4v) is 2.44. The highest BCUT2D eigenvalue weighted by molar-refractivity contribution is 5.75. The number of hydrogen-bond donors (Lipinski definition) is 0. The van der Waals surface area contributed by atoms with E-state index in [9.17, 15) is 0 Å². The summed E-state index contributed by atoms with van der Waals surface area (Å²) in [5.41, 5.74) is 5.77. The summed E-state index contributed by atoms with van der Waals surface area (Å²) in [6, 6.07) is 0. The van der Waals surface area contributed by atoms with Crippen LogP contribution in [0.5, 0.6) is 0 Å². The molecule has 2 nitrogen and oxygen atoms in total. The summed E-state index contributed by atoms with van der Waals surface area (Å²) >= 11 is 0. The molecule has 66 valence electrons. The van der Waals surface area contributed by atoms with Crippen LogP contribution in [0.1, 0.15) is 36.9 Å². The zero-order valence-electron chi connectivity index (χ0n) is 7.58.